The molecule has 0 unspecified atom stereocenters. The number of halogens is 3. The predicted octanol–water partition coefficient (Wildman–Crippen LogP) is 5.79. The van der Waals surface area contributed by atoms with Crippen LogP contribution >= 0.6 is 0 Å². The first-order valence-corrected chi connectivity index (χ1v) is 15.9. The van der Waals surface area contributed by atoms with Gasteiger partial charge in [-0.3, -0.25) is 9.52 Å². The summed E-state index contributed by atoms with van der Waals surface area (Å²) in [5.41, 5.74) is 1.36. The van der Waals surface area contributed by atoms with Crippen LogP contribution in [0.25, 0.3) is 0 Å². The molecule has 44 heavy (non-hydrogen) atoms. The molecule has 2 fully saturated rings. The highest BCUT2D eigenvalue weighted by Crippen LogP contribution is 2.32. The number of nitrogens with zero attached hydrogens (tertiary/aromatic N) is 3. The number of rotatable bonds is 6. The summed E-state index contributed by atoms with van der Waals surface area (Å²) in [7, 11) is -3.89. The van der Waals surface area contributed by atoms with Gasteiger partial charge in [-0.1, -0.05) is 23.8 Å². The number of sulfonamides is 1. The number of benzene rings is 3. The average Bonchev–Trinajstić information content (AvgIpc) is 3.01. The molecule has 2 aliphatic rings. The highest BCUT2D eigenvalue weighted by atomic mass is 32.2. The van der Waals surface area contributed by atoms with Crippen LogP contribution in [0.1, 0.15) is 40.7 Å². The zero-order valence-corrected chi connectivity index (χ0v) is 25.0. The number of amides is 3. The third-order valence-electron chi connectivity index (χ3n) is 7.80. The van der Waals surface area contributed by atoms with E-state index in [1.165, 1.54) is 29.2 Å². The van der Waals surface area contributed by atoms with Crippen LogP contribution in [-0.2, 0) is 16.2 Å². The molecular formula is C31H34F3N5O4S. The molecule has 13 heteroatoms. The maximum atomic E-state index is 13.7. The number of hydrogen-bond acceptors (Lipinski definition) is 5. The van der Waals surface area contributed by atoms with Crippen LogP contribution in [0.2, 0.25) is 0 Å². The number of urea groups is 1. The first kappa shape index (κ1) is 31.2. The molecule has 0 spiro atoms. The molecule has 2 saturated heterocycles. The molecule has 0 aromatic heterocycles. The number of hydrogen-bond donors (Lipinski definition) is 2. The van der Waals surface area contributed by atoms with Crippen molar-refractivity contribution in [1.29, 1.82) is 0 Å². The normalized spacial score (nSPS) is 16.0. The molecule has 0 radical (unpaired) electrons. The Morgan fingerprint density at radius 3 is 2.11 bits per heavy atom. The van der Waals surface area contributed by atoms with Crippen molar-refractivity contribution >= 4 is 39.0 Å². The lowest BCUT2D eigenvalue weighted by molar-refractivity contribution is -0.137. The zero-order chi connectivity index (χ0) is 31.5. The van der Waals surface area contributed by atoms with Gasteiger partial charge in [-0.2, -0.15) is 13.2 Å². The Bertz CT molecular complexity index is 1620. The Labute approximate surface area is 254 Å². The SMILES string of the molecule is Cc1ccc(S(=O)(=O)Nc2ccc(N3CCN(C(=O)Nc4cccc(C(F)(F)F)c4)CC3)c(C(=O)N3CCCCC3)c2)cc1. The monoisotopic (exact) mass is 629 g/mol. The van der Waals surface area contributed by atoms with Gasteiger partial charge in [0.2, 0.25) is 0 Å². The minimum absolute atomic E-state index is 0.0466. The van der Waals surface area contributed by atoms with Gasteiger partial charge >= 0.3 is 12.2 Å². The molecule has 5 rings (SSSR count). The Hall–Kier alpha value is -4.26. The largest absolute Gasteiger partial charge is 0.416 e. The summed E-state index contributed by atoms with van der Waals surface area (Å²) in [6, 6.07) is 15.3. The smallest absolute Gasteiger partial charge is 0.367 e. The van der Waals surface area contributed by atoms with Crippen molar-refractivity contribution in [3.63, 3.8) is 0 Å². The third-order valence-corrected chi connectivity index (χ3v) is 9.20. The van der Waals surface area contributed by atoms with E-state index in [-0.39, 0.29) is 35.3 Å². The fourth-order valence-corrected chi connectivity index (χ4v) is 6.42. The van der Waals surface area contributed by atoms with Crippen LogP contribution in [0.4, 0.5) is 35.0 Å². The van der Waals surface area contributed by atoms with Gasteiger partial charge in [-0.15, -0.1) is 0 Å². The van der Waals surface area contributed by atoms with Gasteiger partial charge < -0.3 is 20.0 Å². The lowest BCUT2D eigenvalue weighted by Crippen LogP contribution is -2.50. The highest BCUT2D eigenvalue weighted by Gasteiger charge is 2.31. The predicted molar refractivity (Wildman–Crippen MR) is 162 cm³/mol. The van der Waals surface area contributed by atoms with Crippen molar-refractivity contribution in [2.45, 2.75) is 37.3 Å². The standard InChI is InChI=1S/C31H34F3N5O4S/c1-22-8-11-26(12-9-22)44(42,43)36-25-10-13-28(27(21-25)29(40)38-14-3-2-4-15-38)37-16-18-39(19-17-37)30(41)35-24-7-5-6-23(20-24)31(32,33)34/h5-13,20-21,36H,2-4,14-19H2,1H3,(H,35,41). The summed E-state index contributed by atoms with van der Waals surface area (Å²) in [5.74, 6) is -0.194. The van der Waals surface area contributed by atoms with Crippen LogP contribution in [0, 0.1) is 6.92 Å². The molecule has 0 bridgehead atoms. The van der Waals surface area contributed by atoms with Crippen molar-refractivity contribution in [3.05, 3.63) is 83.4 Å². The lowest BCUT2D eigenvalue weighted by Gasteiger charge is -2.37. The number of nitrogens with one attached hydrogen (secondary N) is 2. The van der Waals surface area contributed by atoms with Gasteiger partial charge in [0, 0.05) is 56.3 Å². The molecule has 234 valence electrons. The number of piperidine rings is 1. The number of alkyl halides is 3. The van der Waals surface area contributed by atoms with Crippen molar-refractivity contribution in [2.75, 3.05) is 54.2 Å². The number of aryl methyl sites for hydroxylation is 1. The molecule has 2 aliphatic heterocycles. The van der Waals surface area contributed by atoms with Gasteiger partial charge in [0.1, 0.15) is 0 Å². The summed E-state index contributed by atoms with van der Waals surface area (Å²) in [6.07, 6.45) is -1.70. The Balaban J connectivity index is 1.32. The number of anilines is 3. The van der Waals surface area contributed by atoms with E-state index in [0.717, 1.165) is 37.0 Å². The Morgan fingerprint density at radius 2 is 1.45 bits per heavy atom. The summed E-state index contributed by atoms with van der Waals surface area (Å²) in [5, 5.41) is 2.54. The van der Waals surface area contributed by atoms with Crippen molar-refractivity contribution < 1.29 is 31.2 Å². The van der Waals surface area contributed by atoms with E-state index in [1.807, 2.05) is 11.8 Å². The third kappa shape index (κ3) is 7.26. The Morgan fingerprint density at radius 1 is 0.773 bits per heavy atom. The van der Waals surface area contributed by atoms with E-state index in [2.05, 4.69) is 10.0 Å². The first-order valence-electron chi connectivity index (χ1n) is 14.4. The topological polar surface area (TPSA) is 102 Å². The van der Waals surface area contributed by atoms with Gasteiger partial charge in [-0.05, 0) is 74.7 Å². The summed E-state index contributed by atoms with van der Waals surface area (Å²) in [4.78, 5) is 31.9. The molecule has 0 atom stereocenters. The molecule has 9 nitrogen and oxygen atoms in total. The maximum Gasteiger partial charge on any atom is 0.416 e. The molecule has 3 aromatic carbocycles. The van der Waals surface area contributed by atoms with Gasteiger partial charge in [0.05, 0.1) is 16.0 Å². The molecular weight excluding hydrogens is 595 g/mol. The number of carbonyl (C=O) groups is 2. The fraction of sp³-hybridized carbons (Fsp3) is 0.355. The molecule has 0 aliphatic carbocycles. The molecule has 3 amide bonds. The van der Waals surface area contributed by atoms with E-state index >= 15 is 0 Å². The van der Waals surface area contributed by atoms with Crippen LogP contribution < -0.4 is 14.9 Å². The first-order chi connectivity index (χ1) is 20.9. The molecule has 2 heterocycles. The molecule has 2 N–H and O–H groups in total. The van der Waals surface area contributed by atoms with Crippen LogP contribution in [0.15, 0.2) is 71.6 Å². The van der Waals surface area contributed by atoms with Crippen LogP contribution in [0.5, 0.6) is 0 Å². The zero-order valence-electron chi connectivity index (χ0n) is 24.2. The van der Waals surface area contributed by atoms with E-state index in [1.54, 1.807) is 35.2 Å². The van der Waals surface area contributed by atoms with Gasteiger partial charge in [-0.25, -0.2) is 13.2 Å². The minimum atomic E-state index is -4.52. The number of piperazine rings is 1. The maximum absolute atomic E-state index is 13.7. The number of likely N-dealkylation sites (tertiary alicyclic amines) is 1. The van der Waals surface area contributed by atoms with Crippen molar-refractivity contribution in [3.8, 4) is 0 Å². The van der Waals surface area contributed by atoms with Gasteiger partial charge in [0.15, 0.2) is 0 Å². The van der Waals surface area contributed by atoms with Crippen molar-refractivity contribution in [1.82, 2.24) is 9.80 Å². The fourth-order valence-electron chi connectivity index (χ4n) is 5.37. The van der Waals surface area contributed by atoms with Crippen LogP contribution in [0.3, 0.4) is 0 Å². The van der Waals surface area contributed by atoms with Crippen LogP contribution in [-0.4, -0.2) is 69.4 Å². The minimum Gasteiger partial charge on any atom is -0.367 e. The summed E-state index contributed by atoms with van der Waals surface area (Å²) in [6.45, 7) is 4.36. The second kappa shape index (κ2) is 12.8. The molecule has 0 saturated carbocycles. The molecule has 3 aromatic rings. The lowest BCUT2D eigenvalue weighted by atomic mass is 10.1. The van der Waals surface area contributed by atoms with Crippen molar-refractivity contribution in [2.24, 2.45) is 0 Å². The quantitative estimate of drug-likeness (QED) is 0.359. The van der Waals surface area contributed by atoms with E-state index in [0.29, 0.717) is 37.4 Å². The second-order valence-electron chi connectivity index (χ2n) is 11.0. The average molecular weight is 630 g/mol. The van der Waals surface area contributed by atoms with Gasteiger partial charge in [0.25, 0.3) is 15.9 Å². The second-order valence-corrected chi connectivity index (χ2v) is 12.7. The Kier molecular flexibility index (Phi) is 9.05. The van der Waals surface area contributed by atoms with E-state index in [4.69, 9.17) is 0 Å². The van der Waals surface area contributed by atoms with E-state index < -0.39 is 27.8 Å². The van der Waals surface area contributed by atoms with E-state index in [9.17, 15) is 31.2 Å². The highest BCUT2D eigenvalue weighted by molar-refractivity contribution is 7.92. The summed E-state index contributed by atoms with van der Waals surface area (Å²) < 4.78 is 68.0. The summed E-state index contributed by atoms with van der Waals surface area (Å²) >= 11 is 0. The number of carbonyl (C=O) groups excluding carboxylic acids is 2.